The van der Waals surface area contributed by atoms with Crippen LogP contribution in [0.4, 0.5) is 5.13 Å². The molecule has 6 heteroatoms. The van der Waals surface area contributed by atoms with E-state index in [1.807, 2.05) is 30.5 Å². The maximum absolute atomic E-state index is 12.2. The fraction of sp³-hybridized carbons (Fsp3) is 0.190. The average Bonchev–Trinajstić information content (AvgIpc) is 3.11. The summed E-state index contributed by atoms with van der Waals surface area (Å²) >= 11 is 1.36. The lowest BCUT2D eigenvalue weighted by Gasteiger charge is -2.07. The van der Waals surface area contributed by atoms with E-state index in [2.05, 4.69) is 41.6 Å². The highest BCUT2D eigenvalue weighted by atomic mass is 32.1. The lowest BCUT2D eigenvalue weighted by molar-refractivity contribution is -0.115. The molecule has 5 nitrogen and oxygen atoms in total. The van der Waals surface area contributed by atoms with Gasteiger partial charge in [0.2, 0.25) is 5.91 Å². The third-order valence-corrected chi connectivity index (χ3v) is 5.11. The molecule has 0 fully saturated rings. The summed E-state index contributed by atoms with van der Waals surface area (Å²) in [5, 5.41) is 7.79. The molecule has 1 aromatic heterocycles. The second-order valence-electron chi connectivity index (χ2n) is 6.38. The topological polar surface area (TPSA) is 71.1 Å². The van der Waals surface area contributed by atoms with Crippen molar-refractivity contribution in [3.63, 3.8) is 0 Å². The Bertz CT molecular complexity index is 995. The van der Waals surface area contributed by atoms with Crippen molar-refractivity contribution in [2.45, 2.75) is 20.8 Å². The van der Waals surface area contributed by atoms with Crippen LogP contribution in [0.1, 0.15) is 27.0 Å². The molecular weight excluding hydrogens is 358 g/mol. The molecule has 0 bridgehead atoms. The second-order valence-corrected chi connectivity index (χ2v) is 7.24. The Kier molecular flexibility index (Phi) is 5.66. The number of hydrogen-bond acceptors (Lipinski definition) is 4. The molecule has 2 aromatic carbocycles. The van der Waals surface area contributed by atoms with Crippen LogP contribution in [-0.4, -0.2) is 23.3 Å². The number of anilines is 1. The Labute approximate surface area is 162 Å². The van der Waals surface area contributed by atoms with E-state index >= 15 is 0 Å². The lowest BCUT2D eigenvalue weighted by atomic mass is 10.1. The van der Waals surface area contributed by atoms with Gasteiger partial charge in [0, 0.05) is 16.5 Å². The van der Waals surface area contributed by atoms with Gasteiger partial charge in [-0.05, 0) is 49.6 Å². The van der Waals surface area contributed by atoms with E-state index in [1.54, 1.807) is 12.1 Å². The molecule has 2 N–H and O–H groups in total. The predicted molar refractivity (Wildman–Crippen MR) is 109 cm³/mol. The molecule has 3 rings (SSSR count). The highest BCUT2D eigenvalue weighted by Crippen LogP contribution is 2.26. The first-order valence-corrected chi connectivity index (χ1v) is 9.49. The maximum atomic E-state index is 12.2. The number of benzene rings is 2. The van der Waals surface area contributed by atoms with Gasteiger partial charge < -0.3 is 10.6 Å². The predicted octanol–water partition coefficient (Wildman–Crippen LogP) is 4.10. The molecule has 0 aliphatic heterocycles. The smallest absolute Gasteiger partial charge is 0.251 e. The third kappa shape index (κ3) is 4.60. The fourth-order valence-electron chi connectivity index (χ4n) is 2.61. The molecule has 0 radical (unpaired) electrons. The van der Waals surface area contributed by atoms with Crippen LogP contribution < -0.4 is 10.6 Å². The molecule has 0 atom stereocenters. The van der Waals surface area contributed by atoms with Gasteiger partial charge in [-0.15, -0.1) is 11.3 Å². The third-order valence-electron chi connectivity index (χ3n) is 4.35. The van der Waals surface area contributed by atoms with Crippen molar-refractivity contribution in [1.82, 2.24) is 10.3 Å². The summed E-state index contributed by atoms with van der Waals surface area (Å²) in [5.41, 5.74) is 5.70. The Morgan fingerprint density at radius 2 is 1.78 bits per heavy atom. The number of amides is 2. The van der Waals surface area contributed by atoms with Gasteiger partial charge >= 0.3 is 0 Å². The van der Waals surface area contributed by atoms with Crippen LogP contribution in [0.15, 0.2) is 47.8 Å². The van der Waals surface area contributed by atoms with Crippen molar-refractivity contribution in [3.05, 3.63) is 70.1 Å². The van der Waals surface area contributed by atoms with E-state index in [9.17, 15) is 9.59 Å². The molecule has 138 valence electrons. The van der Waals surface area contributed by atoms with Crippen LogP contribution in [0.5, 0.6) is 0 Å². The van der Waals surface area contributed by atoms with Crippen LogP contribution in [0.2, 0.25) is 0 Å². The molecule has 2 amide bonds. The molecule has 0 aliphatic rings. The first-order chi connectivity index (χ1) is 12.9. The van der Waals surface area contributed by atoms with Crippen molar-refractivity contribution < 1.29 is 9.59 Å². The number of carbonyl (C=O) groups excluding carboxylic acids is 2. The van der Waals surface area contributed by atoms with E-state index in [4.69, 9.17) is 0 Å². The summed E-state index contributed by atoms with van der Waals surface area (Å²) in [6.45, 7) is 5.88. The normalized spacial score (nSPS) is 10.5. The van der Waals surface area contributed by atoms with E-state index < -0.39 is 0 Å². The van der Waals surface area contributed by atoms with Crippen molar-refractivity contribution in [3.8, 4) is 11.3 Å². The molecule has 0 spiro atoms. The maximum Gasteiger partial charge on any atom is 0.251 e. The monoisotopic (exact) mass is 379 g/mol. The second kappa shape index (κ2) is 8.14. The Hall–Kier alpha value is -2.99. The van der Waals surface area contributed by atoms with Gasteiger partial charge in [-0.25, -0.2) is 4.98 Å². The van der Waals surface area contributed by atoms with Gasteiger partial charge in [0.15, 0.2) is 5.13 Å². The van der Waals surface area contributed by atoms with Crippen LogP contribution in [0.3, 0.4) is 0 Å². The number of nitrogens with zero attached hydrogens (tertiary/aromatic N) is 1. The number of carbonyl (C=O) groups is 2. The van der Waals surface area contributed by atoms with Gasteiger partial charge in [-0.1, -0.05) is 30.3 Å². The summed E-state index contributed by atoms with van der Waals surface area (Å²) in [6.07, 6.45) is 0. The SMILES string of the molecule is Cc1ccc(-c2csc(NC(=O)CNC(=O)c3ccccc3C)n2)cc1C. The van der Waals surface area contributed by atoms with E-state index in [-0.39, 0.29) is 18.4 Å². The summed E-state index contributed by atoms with van der Waals surface area (Å²) in [7, 11) is 0. The standard InChI is InChI=1S/C21H21N3O2S/c1-13-8-9-16(10-15(13)3)18-12-27-21(23-18)24-19(25)11-22-20(26)17-7-5-4-6-14(17)2/h4-10,12H,11H2,1-3H3,(H,22,26)(H,23,24,25). The first-order valence-electron chi connectivity index (χ1n) is 8.61. The number of aryl methyl sites for hydroxylation is 3. The Balaban J connectivity index is 1.59. The average molecular weight is 379 g/mol. The number of rotatable bonds is 5. The van der Waals surface area contributed by atoms with Crippen LogP contribution in [-0.2, 0) is 4.79 Å². The first kappa shape index (κ1) is 18.8. The van der Waals surface area contributed by atoms with Crippen LogP contribution >= 0.6 is 11.3 Å². The zero-order valence-corrected chi connectivity index (χ0v) is 16.3. The molecule has 1 heterocycles. The quantitative estimate of drug-likeness (QED) is 0.701. The number of hydrogen-bond donors (Lipinski definition) is 2. The van der Waals surface area contributed by atoms with Gasteiger partial charge in [-0.3, -0.25) is 9.59 Å². The molecule has 0 saturated carbocycles. The number of thiazole rings is 1. The summed E-state index contributed by atoms with van der Waals surface area (Å²) in [6, 6.07) is 13.4. The molecule has 3 aromatic rings. The minimum Gasteiger partial charge on any atom is -0.343 e. The molecule has 27 heavy (non-hydrogen) atoms. The summed E-state index contributed by atoms with van der Waals surface area (Å²) in [4.78, 5) is 28.7. The van der Waals surface area contributed by atoms with E-state index in [0.717, 1.165) is 16.8 Å². The zero-order valence-electron chi connectivity index (χ0n) is 15.5. The van der Waals surface area contributed by atoms with Crippen LogP contribution in [0, 0.1) is 20.8 Å². The van der Waals surface area contributed by atoms with Crippen molar-refractivity contribution in [1.29, 1.82) is 0 Å². The summed E-state index contributed by atoms with van der Waals surface area (Å²) < 4.78 is 0. The largest absolute Gasteiger partial charge is 0.343 e. The molecule has 0 aliphatic carbocycles. The van der Waals surface area contributed by atoms with E-state index in [1.165, 1.54) is 22.5 Å². The Morgan fingerprint density at radius 1 is 1.00 bits per heavy atom. The van der Waals surface area contributed by atoms with Crippen molar-refractivity contribution in [2.75, 3.05) is 11.9 Å². The minimum atomic E-state index is -0.307. The lowest BCUT2D eigenvalue weighted by Crippen LogP contribution is -2.33. The summed E-state index contributed by atoms with van der Waals surface area (Å²) in [5.74, 6) is -0.573. The highest BCUT2D eigenvalue weighted by molar-refractivity contribution is 7.14. The molecular formula is C21H21N3O2S. The van der Waals surface area contributed by atoms with E-state index in [0.29, 0.717) is 10.7 Å². The molecule has 0 saturated heterocycles. The van der Waals surface area contributed by atoms with Gasteiger partial charge in [0.1, 0.15) is 0 Å². The van der Waals surface area contributed by atoms with Gasteiger partial charge in [-0.2, -0.15) is 0 Å². The number of nitrogens with one attached hydrogen (secondary N) is 2. The van der Waals surface area contributed by atoms with Gasteiger partial charge in [0.05, 0.1) is 12.2 Å². The highest BCUT2D eigenvalue weighted by Gasteiger charge is 2.12. The van der Waals surface area contributed by atoms with Crippen molar-refractivity contribution in [2.24, 2.45) is 0 Å². The van der Waals surface area contributed by atoms with Crippen LogP contribution in [0.25, 0.3) is 11.3 Å². The van der Waals surface area contributed by atoms with Gasteiger partial charge in [0.25, 0.3) is 5.91 Å². The Morgan fingerprint density at radius 3 is 2.52 bits per heavy atom. The minimum absolute atomic E-state index is 0.105. The number of aromatic nitrogens is 1. The zero-order chi connectivity index (χ0) is 19.4. The fourth-order valence-corrected chi connectivity index (χ4v) is 3.35. The molecule has 0 unspecified atom stereocenters. The van der Waals surface area contributed by atoms with Crippen molar-refractivity contribution >= 4 is 28.3 Å².